The Kier molecular flexibility index (Phi) is 6.82. The second-order valence-electron chi connectivity index (χ2n) is 7.28. The van der Waals surface area contributed by atoms with Crippen molar-refractivity contribution in [3.63, 3.8) is 0 Å². The van der Waals surface area contributed by atoms with Gasteiger partial charge in [0.1, 0.15) is 24.7 Å². The number of unbranched alkanes of at least 4 members (excludes halogenated alkanes) is 1. The molecular weight excluding hydrogens is 404 g/mol. The fourth-order valence-corrected chi connectivity index (χ4v) is 3.46. The van der Waals surface area contributed by atoms with Gasteiger partial charge in [-0.3, -0.25) is 0 Å². The van der Waals surface area contributed by atoms with Gasteiger partial charge in [-0.25, -0.2) is 0 Å². The summed E-state index contributed by atoms with van der Waals surface area (Å²) in [5, 5.41) is 32.1. The molecule has 0 fully saturated rings. The first-order valence-electron chi connectivity index (χ1n) is 10.5. The predicted molar refractivity (Wildman–Crippen MR) is 128 cm³/mol. The highest BCUT2D eigenvalue weighted by molar-refractivity contribution is 6.03. The molecule has 0 aliphatic heterocycles. The van der Waals surface area contributed by atoms with Gasteiger partial charge in [0.15, 0.2) is 0 Å². The first-order valence-corrected chi connectivity index (χ1v) is 10.5. The molecular formula is C26H24N2O4. The third-order valence-electron chi connectivity index (χ3n) is 5.13. The zero-order valence-corrected chi connectivity index (χ0v) is 17.5. The maximum Gasteiger partial charge on any atom is 0.125 e. The van der Waals surface area contributed by atoms with Gasteiger partial charge in [-0.2, -0.15) is 0 Å². The Morgan fingerprint density at radius 1 is 0.594 bits per heavy atom. The SMILES string of the molecule is Oc1ccc2ccccc2c1/C=N/OCCCCO/N=C/c1c(O)ccc2ccccc12. The van der Waals surface area contributed by atoms with E-state index in [2.05, 4.69) is 10.3 Å². The Bertz CT molecular complexity index is 1170. The molecule has 2 N–H and O–H groups in total. The number of aromatic hydroxyl groups is 2. The van der Waals surface area contributed by atoms with E-state index in [1.54, 1.807) is 12.1 Å². The zero-order valence-electron chi connectivity index (χ0n) is 17.5. The van der Waals surface area contributed by atoms with Crippen molar-refractivity contribution in [2.75, 3.05) is 13.2 Å². The molecule has 0 aromatic heterocycles. The number of nitrogens with zero attached hydrogens (tertiary/aromatic N) is 2. The van der Waals surface area contributed by atoms with Gasteiger partial charge in [-0.05, 0) is 46.5 Å². The maximum absolute atomic E-state index is 10.1. The molecule has 0 spiro atoms. The normalized spacial score (nSPS) is 11.6. The van der Waals surface area contributed by atoms with Crippen LogP contribution in [0.1, 0.15) is 24.0 Å². The lowest BCUT2D eigenvalue weighted by atomic mass is 10.0. The highest BCUT2D eigenvalue weighted by Gasteiger charge is 2.05. The highest BCUT2D eigenvalue weighted by atomic mass is 16.6. The number of hydrogen-bond acceptors (Lipinski definition) is 6. The summed E-state index contributed by atoms with van der Waals surface area (Å²) in [5.74, 6) is 0.332. The number of hydrogen-bond donors (Lipinski definition) is 2. The molecule has 0 aliphatic rings. The van der Waals surface area contributed by atoms with Gasteiger partial charge in [0.05, 0.1) is 12.4 Å². The van der Waals surface area contributed by atoms with Crippen molar-refractivity contribution in [1.82, 2.24) is 0 Å². The predicted octanol–water partition coefficient (Wildman–Crippen LogP) is 5.59. The fraction of sp³-hybridized carbons (Fsp3) is 0.154. The highest BCUT2D eigenvalue weighted by Crippen LogP contribution is 2.26. The lowest BCUT2D eigenvalue weighted by Gasteiger charge is -2.05. The van der Waals surface area contributed by atoms with E-state index in [-0.39, 0.29) is 11.5 Å². The number of fused-ring (bicyclic) bond motifs is 2. The molecule has 0 saturated heterocycles. The maximum atomic E-state index is 10.1. The topological polar surface area (TPSA) is 83.6 Å². The van der Waals surface area contributed by atoms with E-state index >= 15 is 0 Å². The van der Waals surface area contributed by atoms with E-state index in [1.165, 1.54) is 12.4 Å². The Morgan fingerprint density at radius 3 is 1.50 bits per heavy atom. The average Bonchev–Trinajstić information content (AvgIpc) is 2.82. The second-order valence-corrected chi connectivity index (χ2v) is 7.28. The summed E-state index contributed by atoms with van der Waals surface area (Å²) in [6.07, 6.45) is 4.56. The minimum atomic E-state index is 0.166. The Labute approximate surface area is 186 Å². The van der Waals surface area contributed by atoms with E-state index < -0.39 is 0 Å². The summed E-state index contributed by atoms with van der Waals surface area (Å²) in [6, 6.07) is 22.6. The Balaban J connectivity index is 1.21. The molecule has 4 aromatic carbocycles. The van der Waals surface area contributed by atoms with Crippen LogP contribution in [0.25, 0.3) is 21.5 Å². The number of rotatable bonds is 9. The summed E-state index contributed by atoms with van der Waals surface area (Å²) in [4.78, 5) is 10.6. The lowest BCUT2D eigenvalue weighted by Crippen LogP contribution is -1.95. The van der Waals surface area contributed by atoms with E-state index in [1.807, 2.05) is 60.7 Å². The van der Waals surface area contributed by atoms with Crippen molar-refractivity contribution in [2.24, 2.45) is 10.3 Å². The van der Waals surface area contributed by atoms with E-state index in [9.17, 15) is 10.2 Å². The number of phenolic OH excluding ortho intramolecular Hbond substituents is 2. The summed E-state index contributed by atoms with van der Waals surface area (Å²) in [6.45, 7) is 0.860. The molecule has 0 radical (unpaired) electrons. The summed E-state index contributed by atoms with van der Waals surface area (Å²) in [7, 11) is 0. The van der Waals surface area contributed by atoms with Crippen LogP contribution in [0.2, 0.25) is 0 Å². The average molecular weight is 428 g/mol. The minimum Gasteiger partial charge on any atom is -0.507 e. The standard InChI is InChI=1S/C26H24N2O4/c29-25-13-11-19-7-1-3-9-21(19)23(25)17-27-31-15-5-6-16-32-28-18-24-22-10-4-2-8-20(22)12-14-26(24)30/h1-4,7-14,17-18,29-30H,5-6,15-16H2/b27-17+,28-18+. The van der Waals surface area contributed by atoms with Crippen LogP contribution < -0.4 is 0 Å². The molecule has 0 atom stereocenters. The third-order valence-corrected chi connectivity index (χ3v) is 5.13. The molecule has 4 aromatic rings. The van der Waals surface area contributed by atoms with Gasteiger partial charge < -0.3 is 19.9 Å². The molecule has 0 saturated carbocycles. The van der Waals surface area contributed by atoms with Gasteiger partial charge in [0.2, 0.25) is 0 Å². The zero-order chi connectivity index (χ0) is 22.2. The van der Waals surface area contributed by atoms with Crippen molar-refractivity contribution in [2.45, 2.75) is 12.8 Å². The van der Waals surface area contributed by atoms with Gasteiger partial charge in [0.25, 0.3) is 0 Å². The summed E-state index contributed by atoms with van der Waals surface area (Å²) >= 11 is 0. The Morgan fingerprint density at radius 2 is 1.03 bits per heavy atom. The first kappa shape index (κ1) is 21.2. The van der Waals surface area contributed by atoms with Gasteiger partial charge in [-0.15, -0.1) is 0 Å². The molecule has 162 valence electrons. The first-order chi connectivity index (χ1) is 15.7. The summed E-state index contributed by atoms with van der Waals surface area (Å²) in [5.41, 5.74) is 1.27. The van der Waals surface area contributed by atoms with Crippen LogP contribution in [0.3, 0.4) is 0 Å². The van der Waals surface area contributed by atoms with Crippen LogP contribution in [0, 0.1) is 0 Å². The molecule has 6 heteroatoms. The quantitative estimate of drug-likeness (QED) is 0.207. The van der Waals surface area contributed by atoms with Crippen LogP contribution in [0.5, 0.6) is 11.5 Å². The van der Waals surface area contributed by atoms with E-state index in [0.717, 1.165) is 34.4 Å². The summed E-state index contributed by atoms with van der Waals surface area (Å²) < 4.78 is 0. The van der Waals surface area contributed by atoms with Crippen molar-refractivity contribution in [3.05, 3.63) is 83.9 Å². The molecule has 0 amide bonds. The van der Waals surface area contributed by atoms with Crippen molar-refractivity contribution in [3.8, 4) is 11.5 Å². The number of oxime groups is 2. The lowest BCUT2D eigenvalue weighted by molar-refractivity contribution is 0.112. The van der Waals surface area contributed by atoms with Crippen molar-refractivity contribution >= 4 is 34.0 Å². The van der Waals surface area contributed by atoms with Crippen molar-refractivity contribution in [1.29, 1.82) is 0 Å². The molecule has 0 heterocycles. The van der Waals surface area contributed by atoms with Crippen LogP contribution in [0.4, 0.5) is 0 Å². The second kappa shape index (κ2) is 10.3. The van der Waals surface area contributed by atoms with Crippen LogP contribution in [-0.2, 0) is 9.68 Å². The van der Waals surface area contributed by atoms with E-state index in [4.69, 9.17) is 9.68 Å². The van der Waals surface area contributed by atoms with Crippen LogP contribution in [-0.4, -0.2) is 35.9 Å². The molecule has 0 unspecified atom stereocenters. The molecule has 0 bridgehead atoms. The molecule has 32 heavy (non-hydrogen) atoms. The minimum absolute atomic E-state index is 0.166. The smallest absolute Gasteiger partial charge is 0.125 e. The molecule has 6 nitrogen and oxygen atoms in total. The largest absolute Gasteiger partial charge is 0.507 e. The van der Waals surface area contributed by atoms with Gasteiger partial charge in [0, 0.05) is 11.1 Å². The monoisotopic (exact) mass is 428 g/mol. The van der Waals surface area contributed by atoms with Gasteiger partial charge >= 0.3 is 0 Å². The Hall–Kier alpha value is -4.06. The van der Waals surface area contributed by atoms with Crippen molar-refractivity contribution < 1.29 is 19.9 Å². The molecule has 4 rings (SSSR count). The third kappa shape index (κ3) is 4.98. The van der Waals surface area contributed by atoms with Crippen LogP contribution in [0.15, 0.2) is 83.1 Å². The number of benzene rings is 4. The van der Waals surface area contributed by atoms with Crippen LogP contribution >= 0.6 is 0 Å². The van der Waals surface area contributed by atoms with E-state index in [0.29, 0.717) is 24.3 Å². The molecule has 0 aliphatic carbocycles. The number of phenols is 2. The fourth-order valence-electron chi connectivity index (χ4n) is 3.46. The van der Waals surface area contributed by atoms with Gasteiger partial charge in [-0.1, -0.05) is 71.0 Å².